The molecule has 3 rings (SSSR count). The maximum absolute atomic E-state index is 14.5. The lowest BCUT2D eigenvalue weighted by molar-refractivity contribution is -0.380. The van der Waals surface area contributed by atoms with Gasteiger partial charge in [-0.3, -0.25) is 81.7 Å². The van der Waals surface area contributed by atoms with Crippen LogP contribution in [0.25, 0.3) is 0 Å². The molecule has 0 aliphatic carbocycles. The third kappa shape index (κ3) is 34.4. The molecule has 3 aliphatic heterocycles. The Bertz CT molecular complexity index is 3250. The van der Waals surface area contributed by atoms with Crippen molar-refractivity contribution in [3.05, 3.63) is 0 Å². The van der Waals surface area contributed by atoms with Crippen LogP contribution in [0.15, 0.2) is 4.99 Å². The minimum absolute atomic E-state index is 0.0434. The van der Waals surface area contributed by atoms with Crippen molar-refractivity contribution in [1.29, 1.82) is 0 Å². The third-order valence-corrected chi connectivity index (χ3v) is 15.6. The summed E-state index contributed by atoms with van der Waals surface area (Å²) in [7, 11) is 0. The van der Waals surface area contributed by atoms with Crippen LogP contribution in [0.2, 0.25) is 0 Å². The molecular formula is C65H101N11O35. The molecule has 0 aromatic rings. The van der Waals surface area contributed by atoms with Gasteiger partial charge in [0.2, 0.25) is 35.4 Å². The first-order valence-electron chi connectivity index (χ1n) is 34.8. The Hall–Kier alpha value is -10.1. The molecule has 626 valence electrons. The van der Waals surface area contributed by atoms with E-state index in [1.165, 1.54) is 0 Å². The van der Waals surface area contributed by atoms with Crippen molar-refractivity contribution in [2.75, 3.05) is 65.8 Å². The van der Waals surface area contributed by atoms with Crippen molar-refractivity contribution in [3.8, 4) is 0 Å². The minimum atomic E-state index is -2.23. The molecule has 3 aliphatic rings. The van der Waals surface area contributed by atoms with Gasteiger partial charge >= 0.3 is 65.7 Å². The summed E-state index contributed by atoms with van der Waals surface area (Å²) in [5.74, 6) is -18.4. The van der Waals surface area contributed by atoms with Crippen molar-refractivity contribution in [1.82, 2.24) is 31.9 Å². The van der Waals surface area contributed by atoms with E-state index in [-0.39, 0.29) is 64.1 Å². The molecule has 0 bridgehead atoms. The van der Waals surface area contributed by atoms with Crippen molar-refractivity contribution in [3.63, 3.8) is 0 Å². The summed E-state index contributed by atoms with van der Waals surface area (Å²) in [6.45, 7) is 3.28. The van der Waals surface area contributed by atoms with Crippen LogP contribution in [0, 0.1) is 0 Å². The number of rotatable bonds is 45. The molecule has 0 aromatic carbocycles. The van der Waals surface area contributed by atoms with Crippen LogP contribution in [-0.2, 0) is 157 Å². The van der Waals surface area contributed by atoms with Crippen LogP contribution in [0.3, 0.4) is 0 Å². The topological polar surface area (TPSA) is 667 Å². The third-order valence-electron chi connectivity index (χ3n) is 15.6. The van der Waals surface area contributed by atoms with Gasteiger partial charge in [0.05, 0.1) is 19.7 Å². The maximum atomic E-state index is 14.5. The first kappa shape index (κ1) is 95.1. The zero-order valence-corrected chi connectivity index (χ0v) is 62.8. The number of carbonyl (C=O) groups is 17. The molecule has 0 spiro atoms. The number of amides is 6. The predicted octanol–water partition coefficient (Wildman–Crippen LogP) is -7.28. The standard InChI is InChI=1S/C65H101N11O35/c1-29(78)96-25-43-49(100-32(4)81)52(101-33(5)82)56(105-37(9)86)63(108-43)111-51-45(27-98-31(3)80)109-64(57(106-38(10)87)54(51)103-35(7)84)110-50-44(26-97-30(2)79)107-62(55(104-36(8)85)53(50)102-34(6)83)99-28-48(90)73-40(16-11-13-19-66)59(92)76-41(17-12-14-20-67)60(93)75-39(18-15-21-70-65(68)69)58(91)72-22-46(88)71-23-47(89)74-42(24-77)61(94)95/h39-45,49-57,62-64,77H,11-28,66-67H2,1-10H3,(H,71,88)(H,72,91)(H,73,90)(H,74,89)(H,75,93)(H,76,92)(H,94,95)(H4,68,69,70). The summed E-state index contributed by atoms with van der Waals surface area (Å²) in [6, 6.07) is -6.12. The lowest BCUT2D eigenvalue weighted by Gasteiger charge is -2.50. The molecule has 111 heavy (non-hydrogen) atoms. The lowest BCUT2D eigenvalue weighted by Crippen LogP contribution is -2.69. The van der Waals surface area contributed by atoms with Gasteiger partial charge in [0.15, 0.2) is 67.6 Å². The number of nitrogens with two attached hydrogens (primary N) is 4. The molecule has 3 fully saturated rings. The predicted molar refractivity (Wildman–Crippen MR) is 365 cm³/mol. The second-order valence-corrected chi connectivity index (χ2v) is 25.0. The van der Waals surface area contributed by atoms with Crippen LogP contribution in [-0.4, -0.2) is 299 Å². The molecular weight excluding hydrogens is 1490 g/mol. The van der Waals surface area contributed by atoms with Crippen LogP contribution in [0.5, 0.6) is 0 Å². The number of carboxylic acids is 1. The molecule has 0 aromatic heterocycles. The molecule has 0 radical (unpaired) electrons. The zero-order valence-electron chi connectivity index (χ0n) is 62.8. The van der Waals surface area contributed by atoms with Crippen LogP contribution in [0.4, 0.5) is 0 Å². The Morgan fingerprint density at radius 2 is 0.730 bits per heavy atom. The number of aliphatic carboxylic acids is 1. The van der Waals surface area contributed by atoms with Crippen molar-refractivity contribution >= 4 is 107 Å². The number of aliphatic hydroxyl groups excluding tert-OH is 1. The first-order chi connectivity index (χ1) is 52.3. The Labute approximate surface area is 635 Å². The average molecular weight is 1600 g/mol. The van der Waals surface area contributed by atoms with Gasteiger partial charge < -0.3 is 141 Å². The van der Waals surface area contributed by atoms with E-state index in [1.54, 1.807) is 0 Å². The summed E-state index contributed by atoms with van der Waals surface area (Å²) in [4.78, 5) is 226. The van der Waals surface area contributed by atoms with E-state index >= 15 is 0 Å². The number of aliphatic imine (C=N–C) groups is 1. The lowest BCUT2D eigenvalue weighted by atomic mass is 9.95. The molecule has 19 unspecified atom stereocenters. The SMILES string of the molecule is CC(=O)OCC1OC(OC2C(COC(C)=O)OC(OC3C(COC(C)=O)OC(OCC(=O)NC(CCCCN)C(=O)NC(CCCCN)C(=O)NC(CCCN=C(N)N)C(=O)NCC(=O)NCC(=O)NC(CO)C(=O)O)C(OC(C)=O)C3OC(C)=O)C(OC(C)=O)C2OC(C)=O)C(OC(C)=O)C(OC(C)=O)C1OC(C)=O. The summed E-state index contributed by atoms with van der Waals surface area (Å²) >= 11 is 0. The monoisotopic (exact) mass is 1600 g/mol. The second-order valence-electron chi connectivity index (χ2n) is 25.0. The Kier molecular flexibility index (Phi) is 41.6. The van der Waals surface area contributed by atoms with Gasteiger partial charge in [-0.2, -0.15) is 0 Å². The van der Waals surface area contributed by atoms with Gasteiger partial charge in [0.1, 0.15) is 81.1 Å². The van der Waals surface area contributed by atoms with Gasteiger partial charge in [-0.1, -0.05) is 0 Å². The van der Waals surface area contributed by atoms with Crippen molar-refractivity contribution in [2.45, 2.75) is 237 Å². The largest absolute Gasteiger partial charge is 0.480 e. The number of guanidine groups is 1. The molecule has 6 amide bonds. The van der Waals surface area contributed by atoms with E-state index in [9.17, 15) is 86.6 Å². The minimum Gasteiger partial charge on any atom is -0.480 e. The number of carbonyl (C=O) groups excluding carboxylic acids is 16. The van der Waals surface area contributed by atoms with Gasteiger partial charge in [-0.25, -0.2) is 4.79 Å². The first-order valence-corrected chi connectivity index (χ1v) is 34.8. The van der Waals surface area contributed by atoms with E-state index in [2.05, 4.69) is 31.6 Å². The Morgan fingerprint density at radius 1 is 0.387 bits per heavy atom. The molecule has 3 heterocycles. The molecule has 16 N–H and O–H groups in total. The number of aliphatic hydroxyl groups is 1. The Morgan fingerprint density at radius 3 is 1.12 bits per heavy atom. The normalized spacial score (nSPS) is 24.3. The molecule has 19 atom stereocenters. The number of ether oxygens (including phenoxy) is 16. The van der Waals surface area contributed by atoms with E-state index in [0.29, 0.717) is 12.8 Å². The average Bonchev–Trinajstić information content (AvgIpc) is 0.757. The van der Waals surface area contributed by atoms with Gasteiger partial charge in [0, 0.05) is 75.8 Å². The summed E-state index contributed by atoms with van der Waals surface area (Å²) in [5, 5.41) is 32.4. The number of nitrogens with zero attached hydrogens (tertiary/aromatic N) is 1. The van der Waals surface area contributed by atoms with Gasteiger partial charge in [0.25, 0.3) is 0 Å². The molecule has 3 saturated heterocycles. The van der Waals surface area contributed by atoms with E-state index in [1.807, 2.05) is 5.32 Å². The summed E-state index contributed by atoms with van der Waals surface area (Å²) in [5.41, 5.74) is 22.5. The number of esters is 10. The van der Waals surface area contributed by atoms with E-state index in [4.69, 9.17) is 104 Å². The quantitative estimate of drug-likeness (QED) is 0.00886. The van der Waals surface area contributed by atoms with Crippen LogP contribution < -0.4 is 54.8 Å². The number of unbranched alkanes of at least 4 members (excludes halogenated alkanes) is 2. The highest BCUT2D eigenvalue weighted by Gasteiger charge is 2.60. The highest BCUT2D eigenvalue weighted by atomic mass is 16.8. The number of nitrogens with one attached hydrogen (secondary N) is 6. The zero-order chi connectivity index (χ0) is 83.4. The molecule has 0 saturated carbocycles. The fourth-order valence-corrected chi connectivity index (χ4v) is 11.1. The number of hydrogen-bond acceptors (Lipinski definition) is 37. The second kappa shape index (κ2) is 48.5. The van der Waals surface area contributed by atoms with E-state index in [0.717, 1.165) is 69.2 Å². The smallest absolute Gasteiger partial charge is 0.328 e. The molecule has 46 nitrogen and oxygen atoms in total. The number of carboxylic acid groups (broad SMARTS) is 1. The van der Waals surface area contributed by atoms with E-state index < -0.39 is 264 Å². The maximum Gasteiger partial charge on any atom is 0.328 e. The summed E-state index contributed by atoms with van der Waals surface area (Å²) in [6.07, 6.45) is -29.1. The highest BCUT2D eigenvalue weighted by molar-refractivity contribution is 5.95. The van der Waals surface area contributed by atoms with Crippen LogP contribution in [0.1, 0.15) is 121 Å². The fraction of sp³-hybridized carbons (Fsp3) is 0.723. The fourth-order valence-electron chi connectivity index (χ4n) is 11.1. The van der Waals surface area contributed by atoms with Crippen molar-refractivity contribution in [2.24, 2.45) is 27.9 Å². The van der Waals surface area contributed by atoms with Gasteiger partial charge in [-0.05, 0) is 64.5 Å². The highest BCUT2D eigenvalue weighted by Crippen LogP contribution is 2.38. The number of hydrogen-bond donors (Lipinski definition) is 12. The van der Waals surface area contributed by atoms with Crippen LogP contribution >= 0.6 is 0 Å². The van der Waals surface area contributed by atoms with Crippen molar-refractivity contribution < 1.29 is 168 Å². The molecule has 46 heteroatoms. The van der Waals surface area contributed by atoms with Gasteiger partial charge in [-0.15, -0.1) is 0 Å². The Balaban J connectivity index is 2.14. The summed E-state index contributed by atoms with van der Waals surface area (Å²) < 4.78 is 93.2.